The fourth-order valence-corrected chi connectivity index (χ4v) is 4.71. The fourth-order valence-electron chi connectivity index (χ4n) is 3.83. The normalized spacial score (nSPS) is 12.7. The number of esters is 1. The molecule has 0 saturated heterocycles. The standard InChI is InChI=1S/C24H23N5O5S/c1-12(2)29-21-16(11-25-29)15(22(30)28-24-26-13(3)20(35-24)23(31)32-4)10-17(27-21)14-5-6-18-19(9-14)34-8-7-33-18/h5-6,9-12H,7-8H2,1-4H3,(H,26,28,30). The highest BCUT2D eigenvalue weighted by Gasteiger charge is 2.22. The highest BCUT2D eigenvalue weighted by molar-refractivity contribution is 7.17. The number of nitrogens with zero attached hydrogens (tertiary/aromatic N) is 4. The topological polar surface area (TPSA) is 117 Å². The molecule has 1 amide bonds. The summed E-state index contributed by atoms with van der Waals surface area (Å²) in [7, 11) is 1.30. The van der Waals surface area contributed by atoms with Crippen LogP contribution >= 0.6 is 11.3 Å². The van der Waals surface area contributed by atoms with Crippen LogP contribution < -0.4 is 14.8 Å². The first kappa shape index (κ1) is 22.8. The van der Waals surface area contributed by atoms with Gasteiger partial charge in [0.05, 0.1) is 35.6 Å². The SMILES string of the molecule is COC(=O)c1sc(NC(=O)c2cc(-c3ccc4c(c3)OCCO4)nc3c2cnn3C(C)C)nc1C. The molecule has 1 aromatic carbocycles. The lowest BCUT2D eigenvalue weighted by atomic mass is 10.1. The number of hydrogen-bond donors (Lipinski definition) is 1. The Morgan fingerprint density at radius 3 is 2.66 bits per heavy atom. The third-order valence-corrected chi connectivity index (χ3v) is 6.58. The van der Waals surface area contributed by atoms with Gasteiger partial charge in [-0.2, -0.15) is 5.10 Å². The van der Waals surface area contributed by atoms with Gasteiger partial charge in [0.1, 0.15) is 18.1 Å². The lowest BCUT2D eigenvalue weighted by molar-refractivity contribution is 0.0605. The van der Waals surface area contributed by atoms with Crippen molar-refractivity contribution in [3.05, 3.63) is 46.6 Å². The van der Waals surface area contributed by atoms with E-state index < -0.39 is 5.97 Å². The van der Waals surface area contributed by atoms with Crippen LogP contribution in [0, 0.1) is 6.92 Å². The summed E-state index contributed by atoms with van der Waals surface area (Å²) in [5.74, 6) is 0.426. The molecular formula is C24H23N5O5S. The van der Waals surface area contributed by atoms with Crippen molar-refractivity contribution in [3.63, 3.8) is 0 Å². The van der Waals surface area contributed by atoms with E-state index >= 15 is 0 Å². The molecule has 0 atom stereocenters. The number of pyridine rings is 1. The molecule has 4 heterocycles. The number of aromatic nitrogens is 4. The maximum atomic E-state index is 13.4. The van der Waals surface area contributed by atoms with Gasteiger partial charge in [-0.05, 0) is 45.0 Å². The fraction of sp³-hybridized carbons (Fsp3) is 0.292. The number of methoxy groups -OCH3 is 1. The van der Waals surface area contributed by atoms with Gasteiger partial charge < -0.3 is 14.2 Å². The van der Waals surface area contributed by atoms with Crippen molar-refractivity contribution in [1.82, 2.24) is 19.7 Å². The Labute approximate surface area is 204 Å². The van der Waals surface area contributed by atoms with Gasteiger partial charge in [-0.15, -0.1) is 0 Å². The number of carbonyl (C=O) groups is 2. The molecule has 1 aliphatic heterocycles. The largest absolute Gasteiger partial charge is 0.486 e. The maximum Gasteiger partial charge on any atom is 0.350 e. The van der Waals surface area contributed by atoms with E-state index in [0.717, 1.165) is 16.9 Å². The average Bonchev–Trinajstić information content (AvgIpc) is 3.45. The summed E-state index contributed by atoms with van der Waals surface area (Å²) in [4.78, 5) is 34.8. The number of nitrogens with one attached hydrogen (secondary N) is 1. The smallest absolute Gasteiger partial charge is 0.350 e. The first-order valence-corrected chi connectivity index (χ1v) is 11.8. The molecule has 180 valence electrons. The van der Waals surface area contributed by atoms with E-state index in [0.29, 0.717) is 62.7 Å². The minimum Gasteiger partial charge on any atom is -0.486 e. The van der Waals surface area contributed by atoms with E-state index in [2.05, 4.69) is 15.4 Å². The van der Waals surface area contributed by atoms with Crippen molar-refractivity contribution in [3.8, 4) is 22.8 Å². The van der Waals surface area contributed by atoms with Crippen LogP contribution in [0.3, 0.4) is 0 Å². The van der Waals surface area contributed by atoms with Crippen molar-refractivity contribution in [2.75, 3.05) is 25.6 Å². The summed E-state index contributed by atoms with van der Waals surface area (Å²) in [5.41, 5.74) is 2.83. The summed E-state index contributed by atoms with van der Waals surface area (Å²) < 4.78 is 17.9. The van der Waals surface area contributed by atoms with Crippen molar-refractivity contribution < 1.29 is 23.8 Å². The van der Waals surface area contributed by atoms with Gasteiger partial charge in [-0.1, -0.05) is 11.3 Å². The van der Waals surface area contributed by atoms with Gasteiger partial charge in [0.2, 0.25) is 0 Å². The Kier molecular flexibility index (Phi) is 5.85. The zero-order valence-electron chi connectivity index (χ0n) is 19.6. The average molecular weight is 494 g/mol. The van der Waals surface area contributed by atoms with Crippen LogP contribution in [0.4, 0.5) is 5.13 Å². The maximum absolute atomic E-state index is 13.4. The predicted octanol–water partition coefficient (Wildman–Crippen LogP) is 4.25. The highest BCUT2D eigenvalue weighted by Crippen LogP contribution is 2.35. The van der Waals surface area contributed by atoms with E-state index in [-0.39, 0.29) is 11.9 Å². The lowest BCUT2D eigenvalue weighted by Gasteiger charge is -2.19. The van der Waals surface area contributed by atoms with Crippen LogP contribution in [-0.2, 0) is 4.74 Å². The zero-order valence-corrected chi connectivity index (χ0v) is 20.4. The number of fused-ring (bicyclic) bond motifs is 2. The van der Waals surface area contributed by atoms with E-state index in [1.54, 1.807) is 23.9 Å². The number of thiazole rings is 1. The van der Waals surface area contributed by atoms with Crippen LogP contribution in [0.25, 0.3) is 22.3 Å². The minimum atomic E-state index is -0.495. The number of ether oxygens (including phenoxy) is 3. The Balaban J connectivity index is 1.58. The van der Waals surface area contributed by atoms with Crippen LogP contribution in [0.5, 0.6) is 11.5 Å². The molecule has 0 saturated carbocycles. The van der Waals surface area contributed by atoms with Gasteiger partial charge in [0, 0.05) is 11.6 Å². The molecule has 1 aliphatic rings. The molecule has 0 bridgehead atoms. The molecule has 0 radical (unpaired) electrons. The Morgan fingerprint density at radius 2 is 1.91 bits per heavy atom. The van der Waals surface area contributed by atoms with Crippen molar-refractivity contribution in [1.29, 1.82) is 0 Å². The van der Waals surface area contributed by atoms with E-state index in [4.69, 9.17) is 19.2 Å². The number of amides is 1. The van der Waals surface area contributed by atoms with Crippen LogP contribution in [0.1, 0.15) is 45.6 Å². The number of benzene rings is 1. The van der Waals surface area contributed by atoms with Crippen LogP contribution in [0.2, 0.25) is 0 Å². The second-order valence-corrected chi connectivity index (χ2v) is 9.21. The van der Waals surface area contributed by atoms with Crippen LogP contribution in [-0.4, -0.2) is 51.9 Å². The van der Waals surface area contributed by atoms with Crippen LogP contribution in [0.15, 0.2) is 30.5 Å². The van der Waals surface area contributed by atoms with E-state index in [1.807, 2.05) is 32.0 Å². The van der Waals surface area contributed by atoms with E-state index in [9.17, 15) is 9.59 Å². The third-order valence-electron chi connectivity index (χ3n) is 5.53. The van der Waals surface area contributed by atoms with Gasteiger partial charge in [-0.25, -0.2) is 19.4 Å². The molecule has 3 aromatic heterocycles. The molecule has 1 N–H and O–H groups in total. The Hall–Kier alpha value is -3.99. The second-order valence-electron chi connectivity index (χ2n) is 8.21. The Bertz CT molecular complexity index is 1460. The zero-order chi connectivity index (χ0) is 24.7. The molecule has 10 nitrogen and oxygen atoms in total. The molecular weight excluding hydrogens is 470 g/mol. The summed E-state index contributed by atoms with van der Waals surface area (Å²) >= 11 is 1.06. The molecule has 0 aliphatic carbocycles. The minimum absolute atomic E-state index is 0.0376. The number of rotatable bonds is 5. The Morgan fingerprint density at radius 1 is 1.14 bits per heavy atom. The quantitative estimate of drug-likeness (QED) is 0.410. The van der Waals surface area contributed by atoms with E-state index in [1.165, 1.54) is 7.11 Å². The van der Waals surface area contributed by atoms with Gasteiger partial charge >= 0.3 is 5.97 Å². The predicted molar refractivity (Wildman–Crippen MR) is 130 cm³/mol. The van der Waals surface area contributed by atoms with Gasteiger partial charge in [0.15, 0.2) is 22.3 Å². The molecule has 4 aromatic rings. The second kappa shape index (κ2) is 8.99. The first-order chi connectivity index (χ1) is 16.9. The molecule has 0 unspecified atom stereocenters. The first-order valence-electron chi connectivity index (χ1n) is 11.0. The monoisotopic (exact) mass is 493 g/mol. The molecule has 5 rings (SSSR count). The molecule has 35 heavy (non-hydrogen) atoms. The molecule has 0 fully saturated rings. The summed E-state index contributed by atoms with van der Waals surface area (Å²) in [6.45, 7) is 6.66. The van der Waals surface area contributed by atoms with Crippen molar-refractivity contribution >= 4 is 39.4 Å². The highest BCUT2D eigenvalue weighted by atomic mass is 32.1. The lowest BCUT2D eigenvalue weighted by Crippen LogP contribution is -2.15. The summed E-state index contributed by atoms with van der Waals surface area (Å²) in [6.07, 6.45) is 1.64. The number of anilines is 1. The summed E-state index contributed by atoms with van der Waals surface area (Å²) in [5, 5.41) is 8.18. The van der Waals surface area contributed by atoms with Crippen molar-refractivity contribution in [2.24, 2.45) is 0 Å². The van der Waals surface area contributed by atoms with Gasteiger partial charge in [-0.3, -0.25) is 10.1 Å². The number of carbonyl (C=O) groups excluding carboxylic acids is 2. The third kappa shape index (κ3) is 4.18. The van der Waals surface area contributed by atoms with Crippen molar-refractivity contribution in [2.45, 2.75) is 26.8 Å². The number of hydrogen-bond acceptors (Lipinski definition) is 9. The molecule has 0 spiro atoms. The van der Waals surface area contributed by atoms with Gasteiger partial charge in [0.25, 0.3) is 5.91 Å². The number of aryl methyl sites for hydroxylation is 1. The molecule has 11 heteroatoms. The summed E-state index contributed by atoms with van der Waals surface area (Å²) in [6, 6.07) is 7.33.